The fraction of sp³-hybridized carbons (Fsp3) is 0.952. The summed E-state index contributed by atoms with van der Waals surface area (Å²) < 4.78 is 6.68. The van der Waals surface area contributed by atoms with E-state index in [0.717, 1.165) is 44.6 Å². The Morgan fingerprint density at radius 2 is 1.88 bits per heavy atom. The minimum Gasteiger partial charge on any atom is -0.386 e. The second-order valence-electron chi connectivity index (χ2n) is 9.96. The summed E-state index contributed by atoms with van der Waals surface area (Å²) in [4.78, 5) is 12.3. The molecule has 5 rings (SSSR count). The molecule has 4 saturated carbocycles. The Labute approximate surface area is 145 Å². The van der Waals surface area contributed by atoms with Crippen LogP contribution in [0.15, 0.2) is 0 Å². The Morgan fingerprint density at radius 3 is 2.67 bits per heavy atom. The van der Waals surface area contributed by atoms with Crippen LogP contribution in [0.2, 0.25) is 0 Å². The summed E-state index contributed by atoms with van der Waals surface area (Å²) in [5.74, 6) is 1.61. The smallest absolute Gasteiger partial charge is 0.133 e. The molecule has 5 aliphatic rings. The third-order valence-electron chi connectivity index (χ3n) is 9.63. The van der Waals surface area contributed by atoms with Gasteiger partial charge in [0, 0.05) is 16.7 Å². The molecule has 1 N–H and O–H groups in total. The summed E-state index contributed by atoms with van der Waals surface area (Å²) in [6.07, 6.45) is 11.4. The third kappa shape index (κ3) is 1.48. The lowest BCUT2D eigenvalue weighted by Gasteiger charge is -2.63. The minimum absolute atomic E-state index is 0.0158. The van der Waals surface area contributed by atoms with Crippen molar-refractivity contribution in [3.8, 4) is 0 Å². The van der Waals surface area contributed by atoms with Crippen LogP contribution in [0.4, 0.5) is 0 Å². The molecular formula is C21H32O3. The number of Topliss-reactive ketones (excluding diaryl/α,β-unsaturated/α-hetero) is 1. The normalized spacial score (nSPS) is 58.7. The maximum atomic E-state index is 12.3. The molecule has 0 aromatic rings. The molecule has 0 aromatic carbocycles. The van der Waals surface area contributed by atoms with E-state index < -0.39 is 5.60 Å². The molecule has 0 aromatic heterocycles. The van der Waals surface area contributed by atoms with E-state index in [1.807, 2.05) is 0 Å². The predicted octanol–water partition coefficient (Wildman–Crippen LogP) is 3.87. The summed E-state index contributed by atoms with van der Waals surface area (Å²) in [7, 11) is 0. The number of carbonyl (C=O) groups excluding carboxylic acids is 1. The molecule has 1 spiro atoms. The van der Waals surface area contributed by atoms with E-state index >= 15 is 0 Å². The highest BCUT2D eigenvalue weighted by Crippen LogP contribution is 2.74. The molecule has 4 aliphatic carbocycles. The standard InChI is InChI=1S/C21H32O3/c1-14(22)16-7-12-21(23)18(16,2)10-8-17-19-9-4-3-5-15(19)6-11-20(17,21)24-13-19/h15-17,23H,3-13H2,1-2H3/t15-,16-,17-,18-,19-,20+,21-/m1/s1. The van der Waals surface area contributed by atoms with Gasteiger partial charge in [-0.05, 0) is 70.1 Å². The molecule has 2 bridgehead atoms. The molecule has 24 heavy (non-hydrogen) atoms. The van der Waals surface area contributed by atoms with E-state index in [1.54, 1.807) is 6.92 Å². The molecule has 0 unspecified atom stereocenters. The maximum Gasteiger partial charge on any atom is 0.133 e. The fourth-order valence-electron chi connectivity index (χ4n) is 8.53. The molecule has 134 valence electrons. The summed E-state index contributed by atoms with van der Waals surface area (Å²) in [5, 5.41) is 12.1. The number of fused-ring (bicyclic) bond motifs is 1. The van der Waals surface area contributed by atoms with Gasteiger partial charge in [0.15, 0.2) is 0 Å². The average Bonchev–Trinajstić information content (AvgIpc) is 2.95. The van der Waals surface area contributed by atoms with Gasteiger partial charge in [-0.2, -0.15) is 0 Å². The highest BCUT2D eigenvalue weighted by Gasteiger charge is 2.78. The first-order chi connectivity index (χ1) is 11.4. The van der Waals surface area contributed by atoms with Crippen LogP contribution in [0.5, 0.6) is 0 Å². The number of aliphatic hydroxyl groups is 1. The van der Waals surface area contributed by atoms with Crippen LogP contribution in [-0.2, 0) is 9.53 Å². The number of hydrogen-bond donors (Lipinski definition) is 1. The maximum absolute atomic E-state index is 12.3. The third-order valence-corrected chi connectivity index (χ3v) is 9.63. The lowest BCUT2D eigenvalue weighted by molar-refractivity contribution is -0.259. The van der Waals surface area contributed by atoms with Gasteiger partial charge >= 0.3 is 0 Å². The van der Waals surface area contributed by atoms with Crippen molar-refractivity contribution < 1.29 is 14.6 Å². The van der Waals surface area contributed by atoms with Crippen LogP contribution in [-0.4, -0.2) is 28.7 Å². The van der Waals surface area contributed by atoms with E-state index in [1.165, 1.54) is 32.1 Å². The molecule has 3 heteroatoms. The molecule has 0 amide bonds. The summed E-state index contributed by atoms with van der Waals surface area (Å²) in [6.45, 7) is 4.78. The number of carbonyl (C=O) groups is 1. The highest BCUT2D eigenvalue weighted by molar-refractivity contribution is 5.80. The largest absolute Gasteiger partial charge is 0.386 e. The predicted molar refractivity (Wildman–Crippen MR) is 91.5 cm³/mol. The molecule has 1 saturated heterocycles. The zero-order valence-electron chi connectivity index (χ0n) is 15.3. The fourth-order valence-corrected chi connectivity index (χ4v) is 8.53. The first-order valence-electron chi connectivity index (χ1n) is 10.3. The van der Waals surface area contributed by atoms with Crippen LogP contribution in [0.1, 0.15) is 78.1 Å². The lowest BCUT2D eigenvalue weighted by atomic mass is 9.42. The van der Waals surface area contributed by atoms with Gasteiger partial charge < -0.3 is 9.84 Å². The second kappa shape index (κ2) is 4.65. The van der Waals surface area contributed by atoms with Gasteiger partial charge in [-0.25, -0.2) is 0 Å². The van der Waals surface area contributed by atoms with Gasteiger partial charge in [0.05, 0.1) is 12.2 Å². The van der Waals surface area contributed by atoms with Gasteiger partial charge in [-0.3, -0.25) is 4.79 Å². The van der Waals surface area contributed by atoms with Crippen molar-refractivity contribution in [1.82, 2.24) is 0 Å². The van der Waals surface area contributed by atoms with Gasteiger partial charge in [0.2, 0.25) is 0 Å². The van der Waals surface area contributed by atoms with Crippen molar-refractivity contribution in [2.75, 3.05) is 6.61 Å². The van der Waals surface area contributed by atoms with E-state index in [0.29, 0.717) is 11.3 Å². The second-order valence-corrected chi connectivity index (χ2v) is 9.96. The number of ether oxygens (including phenoxy) is 1. The summed E-state index contributed by atoms with van der Waals surface area (Å²) >= 11 is 0. The van der Waals surface area contributed by atoms with Crippen molar-refractivity contribution in [2.24, 2.45) is 28.6 Å². The molecule has 1 aliphatic heterocycles. The molecule has 7 atom stereocenters. The van der Waals surface area contributed by atoms with Crippen LogP contribution >= 0.6 is 0 Å². The number of rotatable bonds is 1. The first kappa shape index (κ1) is 15.8. The topological polar surface area (TPSA) is 46.5 Å². The minimum atomic E-state index is -0.800. The van der Waals surface area contributed by atoms with Gasteiger partial charge in [-0.1, -0.05) is 19.8 Å². The van der Waals surface area contributed by atoms with E-state index in [2.05, 4.69) is 6.92 Å². The van der Waals surface area contributed by atoms with Crippen molar-refractivity contribution in [1.29, 1.82) is 0 Å². The van der Waals surface area contributed by atoms with Gasteiger partial charge in [-0.15, -0.1) is 0 Å². The van der Waals surface area contributed by atoms with Crippen LogP contribution in [0.25, 0.3) is 0 Å². The lowest BCUT2D eigenvalue weighted by Crippen LogP contribution is -2.70. The van der Waals surface area contributed by atoms with Gasteiger partial charge in [0.25, 0.3) is 0 Å². The Hall–Kier alpha value is -0.410. The van der Waals surface area contributed by atoms with Crippen molar-refractivity contribution in [2.45, 2.75) is 89.3 Å². The Bertz CT molecular complexity index is 584. The molecular weight excluding hydrogens is 300 g/mol. The summed E-state index contributed by atoms with van der Waals surface area (Å²) in [5.41, 5.74) is -1.12. The molecule has 0 radical (unpaired) electrons. The molecule has 3 nitrogen and oxygen atoms in total. The SMILES string of the molecule is CC(=O)[C@H]1CC[C@]2(O)[C@@]34CC[C@H]5CCCC[C@]5(CO3)[C@H]4CC[C@]12C. The quantitative estimate of drug-likeness (QED) is 0.793. The number of ketones is 1. The van der Waals surface area contributed by atoms with Crippen LogP contribution in [0.3, 0.4) is 0 Å². The Balaban J connectivity index is 1.61. The molecule has 5 fully saturated rings. The van der Waals surface area contributed by atoms with Crippen LogP contribution in [0, 0.1) is 28.6 Å². The zero-order valence-corrected chi connectivity index (χ0v) is 15.3. The summed E-state index contributed by atoms with van der Waals surface area (Å²) in [6, 6.07) is 0. The zero-order chi connectivity index (χ0) is 16.8. The van der Waals surface area contributed by atoms with Crippen molar-refractivity contribution >= 4 is 5.78 Å². The van der Waals surface area contributed by atoms with Crippen molar-refractivity contribution in [3.63, 3.8) is 0 Å². The molecule has 1 heterocycles. The van der Waals surface area contributed by atoms with E-state index in [9.17, 15) is 9.90 Å². The van der Waals surface area contributed by atoms with Crippen molar-refractivity contribution in [3.05, 3.63) is 0 Å². The Morgan fingerprint density at radius 1 is 1.04 bits per heavy atom. The monoisotopic (exact) mass is 332 g/mol. The van der Waals surface area contributed by atoms with E-state index in [4.69, 9.17) is 4.74 Å². The van der Waals surface area contributed by atoms with E-state index in [-0.39, 0.29) is 22.7 Å². The average molecular weight is 332 g/mol. The first-order valence-corrected chi connectivity index (χ1v) is 10.3. The van der Waals surface area contributed by atoms with Crippen LogP contribution < -0.4 is 0 Å². The van der Waals surface area contributed by atoms with Gasteiger partial charge in [0.1, 0.15) is 11.4 Å². The Kier molecular flexibility index (Phi) is 3.06. The number of hydrogen-bond acceptors (Lipinski definition) is 3. The highest BCUT2D eigenvalue weighted by atomic mass is 16.5.